The molecular formula is C32H40N6O5. The normalized spacial score (nSPS) is 12.3. The number of carbonyl (C=O) groups is 4. The van der Waals surface area contributed by atoms with Gasteiger partial charge >= 0.3 is 5.69 Å². The second-order valence-electron chi connectivity index (χ2n) is 10.6. The van der Waals surface area contributed by atoms with Crippen LogP contribution in [0.25, 0.3) is 0 Å². The van der Waals surface area contributed by atoms with Crippen molar-refractivity contribution in [2.75, 3.05) is 12.3 Å². The van der Waals surface area contributed by atoms with Crippen molar-refractivity contribution < 1.29 is 19.2 Å². The van der Waals surface area contributed by atoms with Crippen molar-refractivity contribution in [3.05, 3.63) is 94.5 Å². The van der Waals surface area contributed by atoms with Crippen molar-refractivity contribution in [1.29, 1.82) is 0 Å². The molecule has 0 radical (unpaired) electrons. The average Bonchev–Trinajstić information content (AvgIpc) is 3.00. The van der Waals surface area contributed by atoms with Gasteiger partial charge in [-0.25, -0.2) is 9.78 Å². The Bertz CT molecular complexity index is 1420. The largest absolute Gasteiger partial charge is 0.385 e. The molecule has 1 unspecified atom stereocenters. The number of hydrogen-bond donors (Lipinski definition) is 4. The lowest BCUT2D eigenvalue weighted by Gasteiger charge is -2.25. The van der Waals surface area contributed by atoms with Crippen LogP contribution in [0.2, 0.25) is 0 Å². The maximum atomic E-state index is 13.4. The summed E-state index contributed by atoms with van der Waals surface area (Å²) in [6, 6.07) is 18.5. The quantitative estimate of drug-likeness (QED) is 0.146. The van der Waals surface area contributed by atoms with E-state index in [1.54, 1.807) is 13.8 Å². The van der Waals surface area contributed by atoms with E-state index in [-0.39, 0.29) is 43.6 Å². The lowest BCUT2D eigenvalue weighted by atomic mass is 9.98. The summed E-state index contributed by atoms with van der Waals surface area (Å²) in [6.45, 7) is 3.92. The number of nitrogens with one attached hydrogen (secondary N) is 3. The van der Waals surface area contributed by atoms with Gasteiger partial charge in [0.1, 0.15) is 11.9 Å². The van der Waals surface area contributed by atoms with Crippen molar-refractivity contribution in [3.8, 4) is 0 Å². The predicted molar refractivity (Wildman–Crippen MR) is 164 cm³/mol. The fourth-order valence-corrected chi connectivity index (χ4v) is 4.53. The minimum Gasteiger partial charge on any atom is -0.385 e. The molecule has 0 spiro atoms. The molecule has 3 rings (SSSR count). The second kappa shape index (κ2) is 16.6. The van der Waals surface area contributed by atoms with Crippen LogP contribution in [0.15, 0.2) is 77.7 Å². The molecule has 2 aromatic carbocycles. The molecule has 11 heteroatoms. The Hall–Kier alpha value is -4.80. The summed E-state index contributed by atoms with van der Waals surface area (Å²) >= 11 is 0. The highest BCUT2D eigenvalue weighted by atomic mass is 16.2. The number of aryl methyl sites for hydroxylation is 2. The van der Waals surface area contributed by atoms with Crippen LogP contribution in [-0.2, 0) is 38.6 Å². The van der Waals surface area contributed by atoms with Crippen molar-refractivity contribution in [1.82, 2.24) is 25.5 Å². The van der Waals surface area contributed by atoms with Gasteiger partial charge in [-0.1, -0.05) is 74.5 Å². The van der Waals surface area contributed by atoms with Crippen LogP contribution in [0.3, 0.4) is 0 Å². The number of Topliss-reactive ketones (excluding diaryl/α,β-unsaturated/α-hetero) is 1. The molecule has 0 saturated heterocycles. The topological polar surface area (TPSA) is 165 Å². The zero-order chi connectivity index (χ0) is 31.2. The van der Waals surface area contributed by atoms with Gasteiger partial charge < -0.3 is 21.7 Å². The third-order valence-electron chi connectivity index (χ3n) is 6.99. The highest BCUT2D eigenvalue weighted by Gasteiger charge is 2.31. The molecule has 5 N–H and O–H groups in total. The van der Waals surface area contributed by atoms with E-state index in [1.165, 1.54) is 16.8 Å². The van der Waals surface area contributed by atoms with Crippen molar-refractivity contribution in [3.63, 3.8) is 0 Å². The highest BCUT2D eigenvalue weighted by molar-refractivity contribution is 6.38. The maximum absolute atomic E-state index is 13.4. The van der Waals surface area contributed by atoms with Crippen molar-refractivity contribution in [2.45, 2.75) is 64.6 Å². The maximum Gasteiger partial charge on any atom is 0.349 e. The minimum absolute atomic E-state index is 0.108. The number of amides is 3. The number of benzene rings is 2. The molecule has 3 aromatic rings. The van der Waals surface area contributed by atoms with Gasteiger partial charge in [0, 0.05) is 25.7 Å². The van der Waals surface area contributed by atoms with Gasteiger partial charge in [0.05, 0.1) is 6.04 Å². The number of hydrogen-bond acceptors (Lipinski definition) is 7. The Kier molecular flexibility index (Phi) is 12.6. The Labute approximate surface area is 251 Å². The van der Waals surface area contributed by atoms with Gasteiger partial charge in [-0.05, 0) is 48.8 Å². The highest BCUT2D eigenvalue weighted by Crippen LogP contribution is 2.10. The molecule has 0 aliphatic carbocycles. The SMILES string of the molecule is CC(C)[C@H](NC(=O)CCc1ccccc1)C(=O)NC(CCc1ccccc1)C(=O)C(=O)NCCCn1c(N)ccnc1=O. The number of ketones is 1. The van der Waals surface area contributed by atoms with E-state index in [0.717, 1.165) is 11.1 Å². The van der Waals surface area contributed by atoms with E-state index >= 15 is 0 Å². The van der Waals surface area contributed by atoms with Gasteiger partial charge in [0.25, 0.3) is 5.91 Å². The van der Waals surface area contributed by atoms with Gasteiger partial charge in [-0.15, -0.1) is 0 Å². The monoisotopic (exact) mass is 588 g/mol. The van der Waals surface area contributed by atoms with Crippen LogP contribution in [0.4, 0.5) is 5.82 Å². The van der Waals surface area contributed by atoms with Crippen LogP contribution >= 0.6 is 0 Å². The smallest absolute Gasteiger partial charge is 0.349 e. The van der Waals surface area contributed by atoms with E-state index in [9.17, 15) is 24.0 Å². The average molecular weight is 589 g/mol. The number of aromatic nitrogens is 2. The number of carbonyl (C=O) groups excluding carboxylic acids is 4. The van der Waals surface area contributed by atoms with E-state index in [1.807, 2.05) is 60.7 Å². The molecule has 3 amide bonds. The number of nitrogen functional groups attached to an aromatic ring is 1. The predicted octanol–water partition coefficient (Wildman–Crippen LogP) is 1.79. The van der Waals surface area contributed by atoms with Crippen LogP contribution in [-0.4, -0.2) is 51.7 Å². The summed E-state index contributed by atoms with van der Waals surface area (Å²) in [5.41, 5.74) is 7.27. The van der Waals surface area contributed by atoms with Gasteiger partial charge in [0.2, 0.25) is 17.6 Å². The second-order valence-corrected chi connectivity index (χ2v) is 10.6. The molecule has 228 valence electrons. The third kappa shape index (κ3) is 10.5. The van der Waals surface area contributed by atoms with Crippen molar-refractivity contribution >= 4 is 29.3 Å². The summed E-state index contributed by atoms with van der Waals surface area (Å²) in [5, 5.41) is 8.09. The minimum atomic E-state index is -1.10. The van der Waals surface area contributed by atoms with E-state index in [2.05, 4.69) is 20.9 Å². The first-order valence-electron chi connectivity index (χ1n) is 14.5. The lowest BCUT2D eigenvalue weighted by molar-refractivity contribution is -0.140. The molecule has 43 heavy (non-hydrogen) atoms. The lowest BCUT2D eigenvalue weighted by Crippen LogP contribution is -2.55. The van der Waals surface area contributed by atoms with Gasteiger partial charge in [0.15, 0.2) is 0 Å². The van der Waals surface area contributed by atoms with Gasteiger partial charge in [-0.3, -0.25) is 23.7 Å². The summed E-state index contributed by atoms with van der Waals surface area (Å²) in [7, 11) is 0. The molecule has 0 aliphatic heterocycles. The summed E-state index contributed by atoms with van der Waals surface area (Å²) in [4.78, 5) is 67.7. The Morgan fingerprint density at radius 2 is 1.51 bits per heavy atom. The summed E-state index contributed by atoms with van der Waals surface area (Å²) < 4.78 is 1.27. The van der Waals surface area contributed by atoms with Crippen LogP contribution in [0, 0.1) is 5.92 Å². The molecule has 0 aliphatic rings. The number of nitrogens with two attached hydrogens (primary N) is 1. The zero-order valence-corrected chi connectivity index (χ0v) is 24.6. The molecule has 0 fully saturated rings. The molecule has 1 aromatic heterocycles. The number of rotatable bonds is 16. The van der Waals surface area contributed by atoms with Crippen LogP contribution < -0.4 is 27.4 Å². The van der Waals surface area contributed by atoms with Crippen molar-refractivity contribution in [2.24, 2.45) is 5.92 Å². The number of anilines is 1. The van der Waals surface area contributed by atoms with E-state index < -0.39 is 35.4 Å². The van der Waals surface area contributed by atoms with E-state index in [4.69, 9.17) is 5.73 Å². The summed E-state index contributed by atoms with van der Waals surface area (Å²) in [5.74, 6) is -2.47. The van der Waals surface area contributed by atoms with Crippen LogP contribution in [0.1, 0.15) is 44.2 Å². The van der Waals surface area contributed by atoms with Crippen LogP contribution in [0.5, 0.6) is 0 Å². The first-order valence-corrected chi connectivity index (χ1v) is 14.5. The molecule has 1 heterocycles. The molecular weight excluding hydrogens is 548 g/mol. The summed E-state index contributed by atoms with van der Waals surface area (Å²) in [6.07, 6.45) is 3.02. The molecule has 2 atom stereocenters. The Morgan fingerprint density at radius 3 is 2.12 bits per heavy atom. The molecule has 0 bridgehead atoms. The molecule has 0 saturated carbocycles. The Balaban J connectivity index is 1.62. The standard InChI is InChI=1S/C32H40N6O5/c1-22(2)28(37-27(39)17-15-24-12-7-4-8-13-24)30(41)36-25(16-14-23-10-5-3-6-11-23)29(40)31(42)34-19-9-21-38-26(33)18-20-35-32(38)43/h3-8,10-13,18,20,22,25,28H,9,14-17,19,21,33H2,1-2H3,(H,34,42)(H,36,41)(H,37,39)/t25?,28-/m0/s1. The molecule has 11 nitrogen and oxygen atoms in total. The zero-order valence-electron chi connectivity index (χ0n) is 24.6. The Morgan fingerprint density at radius 1 is 0.884 bits per heavy atom. The number of nitrogens with zero attached hydrogens (tertiary/aromatic N) is 2. The fraction of sp³-hybridized carbons (Fsp3) is 0.375. The fourth-order valence-electron chi connectivity index (χ4n) is 4.53. The first-order chi connectivity index (χ1) is 20.7. The third-order valence-corrected chi connectivity index (χ3v) is 6.99. The first kappa shape index (κ1) is 32.7. The van der Waals surface area contributed by atoms with Gasteiger partial charge in [-0.2, -0.15) is 0 Å². The van der Waals surface area contributed by atoms with E-state index in [0.29, 0.717) is 19.3 Å².